The van der Waals surface area contributed by atoms with Crippen molar-refractivity contribution in [2.24, 2.45) is 16.9 Å². The van der Waals surface area contributed by atoms with Crippen LogP contribution in [0, 0.1) is 11.2 Å². The van der Waals surface area contributed by atoms with Crippen LogP contribution in [0.25, 0.3) is 0 Å². The number of amides is 1. The molecule has 0 bridgehead atoms. The highest BCUT2D eigenvalue weighted by atomic mass is 32.1. The highest BCUT2D eigenvalue weighted by molar-refractivity contribution is 7.80. The lowest BCUT2D eigenvalue weighted by atomic mass is 9.89. The summed E-state index contributed by atoms with van der Waals surface area (Å²) in [7, 11) is 0. The minimum Gasteiger partial charge on any atom is -0.389 e. The fourth-order valence-corrected chi connectivity index (χ4v) is 2.51. The first-order chi connectivity index (χ1) is 8.83. The van der Waals surface area contributed by atoms with Crippen LogP contribution in [0.2, 0.25) is 0 Å². The van der Waals surface area contributed by atoms with Crippen LogP contribution in [0.15, 0.2) is 18.2 Å². The van der Waals surface area contributed by atoms with Gasteiger partial charge in [0.25, 0.3) is 0 Å². The Balaban J connectivity index is 2.34. The Bertz CT molecular complexity index is 549. The number of hydrogen-bond donors (Lipinski definition) is 2. The zero-order chi connectivity index (χ0) is 14.2. The SMILES string of the molecule is CC1(C(N)=O)CCN(c2ccc(F)cc2C(N)=S)C1. The molecule has 1 saturated heterocycles. The Hall–Kier alpha value is -1.69. The molecule has 1 aliphatic rings. The van der Waals surface area contributed by atoms with Gasteiger partial charge in [0.1, 0.15) is 10.8 Å². The highest BCUT2D eigenvalue weighted by Gasteiger charge is 2.39. The van der Waals surface area contributed by atoms with Crippen LogP contribution in [0.4, 0.5) is 10.1 Å². The summed E-state index contributed by atoms with van der Waals surface area (Å²) in [6.07, 6.45) is 0.663. The Morgan fingerprint density at radius 3 is 2.68 bits per heavy atom. The maximum Gasteiger partial charge on any atom is 0.225 e. The molecule has 1 aromatic rings. The summed E-state index contributed by atoms with van der Waals surface area (Å²) in [5, 5.41) is 0. The average molecular weight is 281 g/mol. The number of nitrogens with zero attached hydrogens (tertiary/aromatic N) is 1. The molecule has 1 heterocycles. The van der Waals surface area contributed by atoms with E-state index in [0.717, 1.165) is 5.69 Å². The molecule has 1 fully saturated rings. The molecular formula is C13H16FN3OS. The Kier molecular flexibility index (Phi) is 3.45. The van der Waals surface area contributed by atoms with Crippen molar-refractivity contribution in [3.63, 3.8) is 0 Å². The molecule has 1 aliphatic heterocycles. The van der Waals surface area contributed by atoms with Crippen LogP contribution in [-0.2, 0) is 4.79 Å². The van der Waals surface area contributed by atoms with Crippen molar-refractivity contribution >= 4 is 28.8 Å². The van der Waals surface area contributed by atoms with E-state index in [1.165, 1.54) is 12.1 Å². The summed E-state index contributed by atoms with van der Waals surface area (Å²) in [4.78, 5) is 13.6. The van der Waals surface area contributed by atoms with Crippen molar-refractivity contribution in [1.29, 1.82) is 0 Å². The lowest BCUT2D eigenvalue weighted by Crippen LogP contribution is -2.37. The van der Waals surface area contributed by atoms with Crippen molar-refractivity contribution in [3.05, 3.63) is 29.6 Å². The predicted octanol–water partition coefficient (Wildman–Crippen LogP) is 1.16. The molecule has 102 valence electrons. The number of nitrogens with two attached hydrogens (primary N) is 2. The fourth-order valence-electron chi connectivity index (χ4n) is 2.35. The molecule has 0 spiro atoms. The van der Waals surface area contributed by atoms with Gasteiger partial charge >= 0.3 is 0 Å². The molecule has 0 saturated carbocycles. The number of thiocarbonyl (C=S) groups is 1. The van der Waals surface area contributed by atoms with Gasteiger partial charge in [0.15, 0.2) is 0 Å². The van der Waals surface area contributed by atoms with E-state index in [9.17, 15) is 9.18 Å². The summed E-state index contributed by atoms with van der Waals surface area (Å²) < 4.78 is 13.3. The topological polar surface area (TPSA) is 72.4 Å². The third-order valence-electron chi connectivity index (χ3n) is 3.63. The molecule has 1 aromatic carbocycles. The van der Waals surface area contributed by atoms with E-state index in [2.05, 4.69) is 0 Å². The molecule has 1 unspecified atom stereocenters. The molecule has 0 aliphatic carbocycles. The summed E-state index contributed by atoms with van der Waals surface area (Å²) in [6, 6.07) is 4.31. The molecule has 0 aromatic heterocycles. The minimum absolute atomic E-state index is 0.141. The second-order valence-corrected chi connectivity index (χ2v) is 5.56. The van der Waals surface area contributed by atoms with Gasteiger partial charge in [0.2, 0.25) is 5.91 Å². The van der Waals surface area contributed by atoms with Gasteiger partial charge in [0, 0.05) is 24.3 Å². The Labute approximate surface area is 116 Å². The molecule has 19 heavy (non-hydrogen) atoms. The summed E-state index contributed by atoms with van der Waals surface area (Å²) in [5.41, 5.74) is 11.7. The number of carbonyl (C=O) groups excluding carboxylic acids is 1. The van der Waals surface area contributed by atoms with Crippen LogP contribution < -0.4 is 16.4 Å². The largest absolute Gasteiger partial charge is 0.389 e. The number of primary amides is 1. The van der Waals surface area contributed by atoms with Gasteiger partial charge in [-0.3, -0.25) is 4.79 Å². The third kappa shape index (κ3) is 2.53. The summed E-state index contributed by atoms with van der Waals surface area (Å²) >= 11 is 4.95. The first kappa shape index (κ1) is 13.7. The van der Waals surface area contributed by atoms with Gasteiger partial charge in [-0.25, -0.2) is 4.39 Å². The minimum atomic E-state index is -0.568. The lowest BCUT2D eigenvalue weighted by Gasteiger charge is -2.24. The van der Waals surface area contributed by atoms with Gasteiger partial charge < -0.3 is 16.4 Å². The van der Waals surface area contributed by atoms with Crippen molar-refractivity contribution in [3.8, 4) is 0 Å². The smallest absolute Gasteiger partial charge is 0.225 e. The van der Waals surface area contributed by atoms with E-state index in [1.54, 1.807) is 6.07 Å². The zero-order valence-corrected chi connectivity index (χ0v) is 11.5. The van der Waals surface area contributed by atoms with E-state index in [-0.39, 0.29) is 16.7 Å². The van der Waals surface area contributed by atoms with Gasteiger partial charge in [-0.2, -0.15) is 0 Å². The monoisotopic (exact) mass is 281 g/mol. The van der Waals surface area contributed by atoms with E-state index in [0.29, 0.717) is 25.1 Å². The van der Waals surface area contributed by atoms with Crippen LogP contribution in [0.3, 0.4) is 0 Å². The van der Waals surface area contributed by atoms with Crippen molar-refractivity contribution in [2.45, 2.75) is 13.3 Å². The Morgan fingerprint density at radius 1 is 1.47 bits per heavy atom. The lowest BCUT2D eigenvalue weighted by molar-refractivity contribution is -0.125. The zero-order valence-electron chi connectivity index (χ0n) is 10.6. The predicted molar refractivity (Wildman–Crippen MR) is 76.4 cm³/mol. The quantitative estimate of drug-likeness (QED) is 0.816. The first-order valence-corrected chi connectivity index (χ1v) is 6.38. The van der Waals surface area contributed by atoms with Gasteiger partial charge in [-0.05, 0) is 31.5 Å². The molecule has 4 nitrogen and oxygen atoms in total. The third-order valence-corrected chi connectivity index (χ3v) is 3.85. The molecule has 2 rings (SSSR count). The van der Waals surface area contributed by atoms with E-state index >= 15 is 0 Å². The van der Waals surface area contributed by atoms with E-state index in [4.69, 9.17) is 23.7 Å². The number of benzene rings is 1. The Morgan fingerprint density at radius 2 is 2.16 bits per heavy atom. The van der Waals surface area contributed by atoms with Crippen LogP contribution in [0.5, 0.6) is 0 Å². The summed E-state index contributed by atoms with van der Waals surface area (Å²) in [5.74, 6) is -0.711. The number of rotatable bonds is 3. The van der Waals surface area contributed by atoms with Crippen LogP contribution in [0.1, 0.15) is 18.9 Å². The average Bonchev–Trinajstić information content (AvgIpc) is 2.73. The second kappa shape index (κ2) is 4.77. The number of hydrogen-bond acceptors (Lipinski definition) is 3. The molecular weight excluding hydrogens is 265 g/mol. The van der Waals surface area contributed by atoms with Crippen LogP contribution in [-0.4, -0.2) is 24.0 Å². The molecule has 1 amide bonds. The number of halogens is 1. The highest BCUT2D eigenvalue weighted by Crippen LogP contribution is 2.34. The van der Waals surface area contributed by atoms with Crippen LogP contribution >= 0.6 is 12.2 Å². The van der Waals surface area contributed by atoms with Gasteiger partial charge in [-0.1, -0.05) is 12.2 Å². The summed E-state index contributed by atoms with van der Waals surface area (Å²) in [6.45, 7) is 2.99. The van der Waals surface area contributed by atoms with Crippen molar-refractivity contribution in [2.75, 3.05) is 18.0 Å². The molecule has 0 radical (unpaired) electrons. The van der Waals surface area contributed by atoms with E-state index < -0.39 is 5.41 Å². The first-order valence-electron chi connectivity index (χ1n) is 5.98. The number of anilines is 1. The number of carbonyl (C=O) groups is 1. The second-order valence-electron chi connectivity index (χ2n) is 5.12. The molecule has 1 atom stereocenters. The van der Waals surface area contributed by atoms with Gasteiger partial charge in [-0.15, -0.1) is 0 Å². The maximum absolute atomic E-state index is 13.3. The fraction of sp³-hybridized carbons (Fsp3) is 0.385. The van der Waals surface area contributed by atoms with E-state index in [1.807, 2.05) is 11.8 Å². The van der Waals surface area contributed by atoms with Gasteiger partial charge in [0.05, 0.1) is 5.41 Å². The normalized spacial score (nSPS) is 22.5. The molecule has 6 heteroatoms. The standard InChI is InChI=1S/C13H16FN3OS/c1-13(12(16)18)4-5-17(7-13)10-3-2-8(14)6-9(10)11(15)19/h2-3,6H,4-5,7H2,1H3,(H2,15,19)(H2,16,18). The maximum atomic E-state index is 13.3. The van der Waals surface area contributed by atoms with Crippen molar-refractivity contribution < 1.29 is 9.18 Å². The van der Waals surface area contributed by atoms with Crippen molar-refractivity contribution in [1.82, 2.24) is 0 Å². The molecule has 4 N–H and O–H groups in total.